The zero-order valence-corrected chi connectivity index (χ0v) is 12.7. The second-order valence-corrected chi connectivity index (χ2v) is 4.50. The highest BCUT2D eigenvalue weighted by Crippen LogP contribution is 2.06. The summed E-state index contributed by atoms with van der Waals surface area (Å²) < 4.78 is 4.58. The Labute approximate surface area is 130 Å². The molecule has 0 bridgehead atoms. The average Bonchev–Trinajstić information content (AvgIpc) is 2.58. The molecule has 0 aliphatic heterocycles. The maximum atomic E-state index is 12.4. The Morgan fingerprint density at radius 2 is 2.00 bits per heavy atom. The van der Waals surface area contributed by atoms with E-state index in [4.69, 9.17) is 5.26 Å². The molecule has 22 heavy (non-hydrogen) atoms. The van der Waals surface area contributed by atoms with E-state index in [-0.39, 0.29) is 18.9 Å². The lowest BCUT2D eigenvalue weighted by atomic mass is 10.1. The molecular formula is C17H18N2O3. The Hall–Kier alpha value is -2.79. The predicted molar refractivity (Wildman–Crippen MR) is 81.3 cm³/mol. The second-order valence-electron chi connectivity index (χ2n) is 4.50. The first-order chi connectivity index (χ1) is 10.6. The zero-order valence-electron chi connectivity index (χ0n) is 12.7. The Bertz CT molecular complexity index is 608. The zero-order chi connectivity index (χ0) is 16.4. The molecule has 5 nitrogen and oxygen atoms in total. The second kappa shape index (κ2) is 9.20. The van der Waals surface area contributed by atoms with Gasteiger partial charge < -0.3 is 4.74 Å². The van der Waals surface area contributed by atoms with Crippen LogP contribution in [0.25, 0.3) is 0 Å². The lowest BCUT2D eigenvalue weighted by molar-refractivity contribution is -0.140. The number of carbonyl (C=O) groups excluding carboxylic acids is 2. The van der Waals surface area contributed by atoms with Crippen LogP contribution < -0.4 is 0 Å². The van der Waals surface area contributed by atoms with Gasteiger partial charge in [0, 0.05) is 18.2 Å². The van der Waals surface area contributed by atoms with E-state index < -0.39 is 11.9 Å². The van der Waals surface area contributed by atoms with Crippen molar-refractivity contribution in [3.05, 3.63) is 35.9 Å². The molecule has 5 heteroatoms. The molecular weight excluding hydrogens is 280 g/mol. The summed E-state index contributed by atoms with van der Waals surface area (Å²) in [6, 6.07) is 13.4. The van der Waals surface area contributed by atoms with Crippen LogP contribution in [0.1, 0.15) is 30.1 Å². The Morgan fingerprint density at radius 1 is 1.32 bits per heavy atom. The predicted octanol–water partition coefficient (Wildman–Crippen LogP) is 2.20. The van der Waals surface area contributed by atoms with Gasteiger partial charge in [-0.2, -0.15) is 5.26 Å². The summed E-state index contributed by atoms with van der Waals surface area (Å²) in [6.45, 7) is 1.97. The van der Waals surface area contributed by atoms with Crippen LogP contribution in [-0.4, -0.2) is 30.4 Å². The van der Waals surface area contributed by atoms with E-state index in [0.29, 0.717) is 12.0 Å². The molecule has 0 N–H and O–H groups in total. The smallest absolute Gasteiger partial charge is 0.307 e. The van der Waals surface area contributed by atoms with Gasteiger partial charge in [0.25, 0.3) is 5.91 Å². The van der Waals surface area contributed by atoms with Crippen molar-refractivity contribution in [1.29, 1.82) is 5.26 Å². The van der Waals surface area contributed by atoms with Crippen molar-refractivity contribution >= 4 is 11.9 Å². The topological polar surface area (TPSA) is 70.4 Å². The molecule has 1 aromatic rings. The molecule has 0 aliphatic carbocycles. The number of ether oxygens (including phenoxy) is 1. The van der Waals surface area contributed by atoms with Crippen molar-refractivity contribution < 1.29 is 14.3 Å². The number of benzene rings is 1. The summed E-state index contributed by atoms with van der Waals surface area (Å²) in [7, 11) is 1.29. The highest BCUT2D eigenvalue weighted by molar-refractivity contribution is 5.95. The van der Waals surface area contributed by atoms with Crippen LogP contribution in [0.2, 0.25) is 0 Å². The van der Waals surface area contributed by atoms with E-state index in [9.17, 15) is 9.59 Å². The first-order valence-electron chi connectivity index (χ1n) is 6.96. The molecule has 0 heterocycles. The third kappa shape index (κ3) is 5.30. The Balaban J connectivity index is 2.93. The average molecular weight is 298 g/mol. The first kappa shape index (κ1) is 17.3. The Morgan fingerprint density at radius 3 is 2.55 bits per heavy atom. The number of hydrogen-bond acceptors (Lipinski definition) is 4. The minimum Gasteiger partial charge on any atom is -0.469 e. The third-order valence-corrected chi connectivity index (χ3v) is 2.97. The van der Waals surface area contributed by atoms with Gasteiger partial charge in [0.1, 0.15) is 5.92 Å². The maximum Gasteiger partial charge on any atom is 0.307 e. The number of amides is 1. The SMILES string of the molecule is CCC(C#N)C#CN(CCC(=O)OC)C(=O)c1ccccc1. The van der Waals surface area contributed by atoms with Crippen LogP contribution >= 0.6 is 0 Å². The molecule has 0 fully saturated rings. The highest BCUT2D eigenvalue weighted by Gasteiger charge is 2.15. The van der Waals surface area contributed by atoms with Gasteiger partial charge in [0.05, 0.1) is 19.6 Å². The highest BCUT2D eigenvalue weighted by atomic mass is 16.5. The fourth-order valence-electron chi connectivity index (χ4n) is 1.63. The summed E-state index contributed by atoms with van der Waals surface area (Å²) in [4.78, 5) is 24.9. The number of esters is 1. The van der Waals surface area contributed by atoms with Crippen molar-refractivity contribution in [3.63, 3.8) is 0 Å². The largest absolute Gasteiger partial charge is 0.469 e. The molecule has 114 valence electrons. The van der Waals surface area contributed by atoms with Crippen LogP contribution in [0, 0.1) is 29.2 Å². The van der Waals surface area contributed by atoms with E-state index in [1.165, 1.54) is 12.0 Å². The van der Waals surface area contributed by atoms with Crippen molar-refractivity contribution in [2.24, 2.45) is 5.92 Å². The summed E-state index contributed by atoms with van der Waals surface area (Å²) in [6.07, 6.45) is 0.626. The van der Waals surface area contributed by atoms with Gasteiger partial charge in [0.15, 0.2) is 0 Å². The molecule has 1 unspecified atom stereocenters. The number of rotatable bonds is 5. The van der Waals surface area contributed by atoms with Crippen molar-refractivity contribution in [3.8, 4) is 18.0 Å². The Kier molecular flexibility index (Phi) is 7.22. The standard InChI is InChI=1S/C17H18N2O3/c1-3-14(13-18)9-11-19(12-10-16(20)22-2)17(21)15-7-5-4-6-8-15/h4-8,14H,3,10,12H2,1-2H3. The summed E-state index contributed by atoms with van der Waals surface area (Å²) in [5.74, 6) is 1.60. The molecule has 0 spiro atoms. The van der Waals surface area contributed by atoms with Crippen LogP contribution in [0.4, 0.5) is 0 Å². The number of nitriles is 1. The van der Waals surface area contributed by atoms with Crippen molar-refractivity contribution in [2.75, 3.05) is 13.7 Å². The molecule has 0 aliphatic rings. The van der Waals surface area contributed by atoms with Gasteiger partial charge in [-0.3, -0.25) is 14.5 Å². The molecule has 0 saturated heterocycles. The number of carbonyl (C=O) groups is 2. The normalized spacial score (nSPS) is 10.6. The van der Waals surface area contributed by atoms with E-state index in [0.717, 1.165) is 0 Å². The fourth-order valence-corrected chi connectivity index (χ4v) is 1.63. The third-order valence-electron chi connectivity index (χ3n) is 2.97. The number of nitrogens with zero attached hydrogens (tertiary/aromatic N) is 2. The molecule has 1 aromatic carbocycles. The minimum atomic E-state index is -0.441. The van der Waals surface area contributed by atoms with E-state index in [2.05, 4.69) is 22.8 Å². The fraction of sp³-hybridized carbons (Fsp3) is 0.353. The van der Waals surface area contributed by atoms with Gasteiger partial charge in [-0.05, 0) is 18.6 Å². The quantitative estimate of drug-likeness (QED) is 0.475. The van der Waals surface area contributed by atoms with Gasteiger partial charge in [-0.15, -0.1) is 0 Å². The molecule has 0 saturated carbocycles. The molecule has 1 rings (SSSR count). The number of hydrogen-bond donors (Lipinski definition) is 0. The minimum absolute atomic E-state index is 0.0487. The van der Waals surface area contributed by atoms with Crippen LogP contribution in [0.5, 0.6) is 0 Å². The van der Waals surface area contributed by atoms with Gasteiger partial charge >= 0.3 is 5.97 Å². The first-order valence-corrected chi connectivity index (χ1v) is 6.96. The van der Waals surface area contributed by atoms with E-state index in [1.54, 1.807) is 24.3 Å². The van der Waals surface area contributed by atoms with Gasteiger partial charge in [0.2, 0.25) is 0 Å². The van der Waals surface area contributed by atoms with Crippen LogP contribution in [0.3, 0.4) is 0 Å². The van der Waals surface area contributed by atoms with Gasteiger partial charge in [-0.1, -0.05) is 31.0 Å². The van der Waals surface area contributed by atoms with Crippen molar-refractivity contribution in [2.45, 2.75) is 19.8 Å². The molecule has 0 radical (unpaired) electrons. The van der Waals surface area contributed by atoms with E-state index in [1.807, 2.05) is 13.0 Å². The lowest BCUT2D eigenvalue weighted by Gasteiger charge is -2.15. The lowest BCUT2D eigenvalue weighted by Crippen LogP contribution is -2.29. The summed E-state index contributed by atoms with van der Waals surface area (Å²) >= 11 is 0. The van der Waals surface area contributed by atoms with E-state index >= 15 is 0 Å². The maximum absolute atomic E-state index is 12.4. The monoisotopic (exact) mass is 298 g/mol. The number of methoxy groups -OCH3 is 1. The molecule has 1 atom stereocenters. The summed E-state index contributed by atoms with van der Waals surface area (Å²) in [5.41, 5.74) is 0.478. The van der Waals surface area contributed by atoms with Crippen LogP contribution in [0.15, 0.2) is 30.3 Å². The van der Waals surface area contributed by atoms with Crippen LogP contribution in [-0.2, 0) is 9.53 Å². The molecule has 1 amide bonds. The summed E-state index contributed by atoms with van der Waals surface area (Å²) in [5, 5.41) is 8.92. The van der Waals surface area contributed by atoms with Gasteiger partial charge in [-0.25, -0.2) is 0 Å². The van der Waals surface area contributed by atoms with Crippen molar-refractivity contribution in [1.82, 2.24) is 4.90 Å². The molecule has 0 aromatic heterocycles.